The number of likely N-dealkylation sites (N-methyl/N-ethyl adjacent to an activating group) is 1. The summed E-state index contributed by atoms with van der Waals surface area (Å²) in [6, 6.07) is 18.0. The van der Waals surface area contributed by atoms with Crippen molar-refractivity contribution in [2.45, 2.75) is 40.3 Å². The minimum atomic E-state index is -0.0941. The second-order valence-electron chi connectivity index (χ2n) is 8.34. The van der Waals surface area contributed by atoms with Crippen molar-refractivity contribution in [3.05, 3.63) is 76.1 Å². The first-order chi connectivity index (χ1) is 16.4. The van der Waals surface area contributed by atoms with Crippen molar-refractivity contribution < 1.29 is 4.74 Å². The summed E-state index contributed by atoms with van der Waals surface area (Å²) in [5.74, 6) is 0.792. The highest BCUT2D eigenvalue weighted by atomic mass is 32.1. The van der Waals surface area contributed by atoms with Gasteiger partial charge >= 0.3 is 0 Å². The maximum absolute atomic E-state index is 12.9. The Morgan fingerprint density at radius 3 is 2.47 bits per heavy atom. The summed E-state index contributed by atoms with van der Waals surface area (Å²) in [5, 5.41) is 5.06. The third kappa shape index (κ3) is 6.81. The summed E-state index contributed by atoms with van der Waals surface area (Å²) in [4.78, 5) is 20.4. The van der Waals surface area contributed by atoms with Crippen molar-refractivity contribution in [2.24, 2.45) is 0 Å². The van der Waals surface area contributed by atoms with Crippen molar-refractivity contribution in [2.75, 3.05) is 32.8 Å². The Hall–Kier alpha value is -2.90. The van der Waals surface area contributed by atoms with E-state index in [1.807, 2.05) is 49.4 Å². The molecule has 0 amide bonds. The number of pyridine rings is 1. The molecule has 1 atom stereocenters. The lowest BCUT2D eigenvalue weighted by Gasteiger charge is -2.30. The molecule has 0 aliphatic carbocycles. The molecule has 0 aliphatic rings. The Morgan fingerprint density at radius 2 is 1.79 bits per heavy atom. The highest BCUT2D eigenvalue weighted by molar-refractivity contribution is 7.80. The highest BCUT2D eigenvalue weighted by Gasteiger charge is 2.17. The second kappa shape index (κ2) is 12.5. The predicted octanol–water partition coefficient (Wildman–Crippen LogP) is 4.71. The number of hydrogen-bond acceptors (Lipinski definition) is 4. The number of H-pyrrole nitrogens is 1. The van der Waals surface area contributed by atoms with E-state index in [-0.39, 0.29) is 11.6 Å². The number of rotatable bonds is 11. The molecule has 0 fully saturated rings. The molecule has 1 heterocycles. The van der Waals surface area contributed by atoms with Crippen LogP contribution in [0.3, 0.4) is 0 Å². The summed E-state index contributed by atoms with van der Waals surface area (Å²) in [5.41, 5.74) is 2.55. The van der Waals surface area contributed by atoms with E-state index in [1.54, 1.807) is 0 Å². The monoisotopic (exact) mass is 480 g/mol. The fourth-order valence-electron chi connectivity index (χ4n) is 3.97. The molecule has 0 radical (unpaired) electrons. The van der Waals surface area contributed by atoms with Crippen LogP contribution in [0.4, 0.5) is 0 Å². The van der Waals surface area contributed by atoms with Crippen LogP contribution in [-0.2, 0) is 6.54 Å². The number of thiocarbonyl (C=S) groups is 1. The summed E-state index contributed by atoms with van der Waals surface area (Å²) in [7, 11) is 0. The lowest BCUT2D eigenvalue weighted by molar-refractivity contribution is 0.262. The minimum absolute atomic E-state index is 0.0632. The first-order valence-electron chi connectivity index (χ1n) is 12.1. The van der Waals surface area contributed by atoms with Gasteiger partial charge < -0.3 is 24.8 Å². The first kappa shape index (κ1) is 25.7. The molecule has 34 heavy (non-hydrogen) atoms. The van der Waals surface area contributed by atoms with Gasteiger partial charge in [0.1, 0.15) is 5.75 Å². The predicted molar refractivity (Wildman–Crippen MR) is 145 cm³/mol. The maximum atomic E-state index is 12.9. The van der Waals surface area contributed by atoms with Gasteiger partial charge in [-0.3, -0.25) is 4.79 Å². The number of fused-ring (bicyclic) bond motifs is 1. The van der Waals surface area contributed by atoms with Crippen molar-refractivity contribution in [3.63, 3.8) is 0 Å². The Kier molecular flexibility index (Phi) is 9.48. The zero-order chi connectivity index (χ0) is 24.5. The van der Waals surface area contributed by atoms with Gasteiger partial charge in [0.25, 0.3) is 5.56 Å². The van der Waals surface area contributed by atoms with E-state index in [2.05, 4.69) is 53.0 Å². The maximum Gasteiger partial charge on any atom is 0.253 e. The molecule has 2 N–H and O–H groups in total. The molecule has 182 valence electrons. The highest BCUT2D eigenvalue weighted by Crippen LogP contribution is 2.20. The van der Waals surface area contributed by atoms with E-state index in [4.69, 9.17) is 17.0 Å². The third-order valence-electron chi connectivity index (χ3n) is 6.07. The Balaban J connectivity index is 1.84. The lowest BCUT2D eigenvalue weighted by Crippen LogP contribution is -2.44. The standard InChI is InChI=1S/C27H36N4O2S/c1-5-30(6-2)15-16-31(27(34)28-20(4)21-11-9-8-10-12-21)19-23-17-22-18-24(33-7-3)13-14-25(22)29-26(23)32/h8-14,17-18,20H,5-7,15-16,19H2,1-4H3,(H,28,34)(H,29,32). The number of aromatic amines is 1. The average Bonchev–Trinajstić information content (AvgIpc) is 2.85. The third-order valence-corrected chi connectivity index (χ3v) is 6.45. The molecular formula is C27H36N4O2S. The van der Waals surface area contributed by atoms with E-state index in [1.165, 1.54) is 5.56 Å². The van der Waals surface area contributed by atoms with Gasteiger partial charge in [-0.1, -0.05) is 44.2 Å². The number of ether oxygens (including phenoxy) is 1. The summed E-state index contributed by atoms with van der Waals surface area (Å²) in [6.45, 7) is 12.9. The zero-order valence-electron chi connectivity index (χ0n) is 20.6. The van der Waals surface area contributed by atoms with Crippen LogP contribution in [0.15, 0.2) is 59.4 Å². The fraction of sp³-hybridized carbons (Fsp3) is 0.407. The number of aromatic nitrogens is 1. The van der Waals surface area contributed by atoms with Crippen molar-refractivity contribution in [1.82, 2.24) is 20.1 Å². The minimum Gasteiger partial charge on any atom is -0.494 e. The van der Waals surface area contributed by atoms with E-state index in [0.29, 0.717) is 23.8 Å². The second-order valence-corrected chi connectivity index (χ2v) is 8.72. The van der Waals surface area contributed by atoms with Gasteiger partial charge in [0.15, 0.2) is 5.11 Å². The molecule has 1 unspecified atom stereocenters. The van der Waals surface area contributed by atoms with Crippen LogP contribution in [0, 0.1) is 0 Å². The van der Waals surface area contributed by atoms with Crippen LogP contribution in [0.5, 0.6) is 5.75 Å². The smallest absolute Gasteiger partial charge is 0.253 e. The van der Waals surface area contributed by atoms with E-state index >= 15 is 0 Å². The van der Waals surface area contributed by atoms with Gasteiger partial charge in [0, 0.05) is 29.6 Å². The molecule has 0 saturated carbocycles. The SMILES string of the molecule is CCOc1ccc2[nH]c(=O)c(CN(CCN(CC)CC)C(=S)NC(C)c3ccccc3)cc2c1. The number of nitrogens with zero attached hydrogens (tertiary/aromatic N) is 2. The molecule has 6 nitrogen and oxygen atoms in total. The van der Waals surface area contributed by atoms with Crippen molar-refractivity contribution >= 4 is 28.2 Å². The molecule has 0 aliphatic heterocycles. The Labute approximate surface area is 207 Å². The quantitative estimate of drug-likeness (QED) is 0.388. The van der Waals surface area contributed by atoms with Crippen LogP contribution >= 0.6 is 12.2 Å². The van der Waals surface area contributed by atoms with Gasteiger partial charge in [-0.2, -0.15) is 0 Å². The first-order valence-corrected chi connectivity index (χ1v) is 12.5. The van der Waals surface area contributed by atoms with E-state index in [9.17, 15) is 4.79 Å². The molecule has 7 heteroatoms. The molecule has 0 spiro atoms. The molecule has 3 aromatic rings. The normalized spacial score (nSPS) is 12.0. The number of benzene rings is 2. The van der Waals surface area contributed by atoms with Gasteiger partial charge in [-0.15, -0.1) is 0 Å². The van der Waals surface area contributed by atoms with Crippen LogP contribution in [0.25, 0.3) is 10.9 Å². The summed E-state index contributed by atoms with van der Waals surface area (Å²) in [6.07, 6.45) is 0. The van der Waals surface area contributed by atoms with Crippen LogP contribution in [0.2, 0.25) is 0 Å². The molecule has 1 aromatic heterocycles. The summed E-state index contributed by atoms with van der Waals surface area (Å²) >= 11 is 5.83. The molecular weight excluding hydrogens is 444 g/mol. The van der Waals surface area contributed by atoms with Gasteiger partial charge in [-0.25, -0.2) is 0 Å². The van der Waals surface area contributed by atoms with Crippen LogP contribution < -0.4 is 15.6 Å². The van der Waals surface area contributed by atoms with Gasteiger partial charge in [-0.05, 0) is 69.0 Å². The topological polar surface area (TPSA) is 60.6 Å². The average molecular weight is 481 g/mol. The van der Waals surface area contributed by atoms with E-state index < -0.39 is 0 Å². The molecule has 2 aromatic carbocycles. The van der Waals surface area contributed by atoms with Crippen molar-refractivity contribution in [3.8, 4) is 5.75 Å². The van der Waals surface area contributed by atoms with Crippen molar-refractivity contribution in [1.29, 1.82) is 0 Å². The van der Waals surface area contributed by atoms with Gasteiger partial charge in [0.05, 0.1) is 19.2 Å². The van der Waals surface area contributed by atoms with Crippen LogP contribution in [-0.4, -0.2) is 52.7 Å². The number of hydrogen-bond donors (Lipinski definition) is 2. The largest absolute Gasteiger partial charge is 0.494 e. The van der Waals surface area contributed by atoms with E-state index in [0.717, 1.165) is 42.8 Å². The molecule has 0 saturated heterocycles. The van der Waals surface area contributed by atoms with Gasteiger partial charge in [0.2, 0.25) is 0 Å². The molecule has 0 bridgehead atoms. The van der Waals surface area contributed by atoms with Crippen LogP contribution in [0.1, 0.15) is 44.9 Å². The Bertz CT molecular complexity index is 1130. The lowest BCUT2D eigenvalue weighted by atomic mass is 10.1. The fourth-order valence-corrected chi connectivity index (χ4v) is 4.30. The summed E-state index contributed by atoms with van der Waals surface area (Å²) < 4.78 is 5.64. The Morgan fingerprint density at radius 1 is 1.06 bits per heavy atom. The number of nitrogens with one attached hydrogen (secondary N) is 2. The zero-order valence-corrected chi connectivity index (χ0v) is 21.5. The molecule has 3 rings (SSSR count).